The quantitative estimate of drug-likeness (QED) is 0.607. The van der Waals surface area contributed by atoms with Gasteiger partial charge in [-0.05, 0) is 30.7 Å². The minimum atomic E-state index is -0.317. The van der Waals surface area contributed by atoms with E-state index in [9.17, 15) is 4.79 Å². The van der Waals surface area contributed by atoms with E-state index >= 15 is 0 Å². The molecule has 18 heavy (non-hydrogen) atoms. The molecule has 0 fully saturated rings. The molecule has 0 aliphatic carbocycles. The standard InChI is InChI=1S/C14H16O4/c1-3-17-14(15)7-10-6-11-8-12(16-2)4-5-13(11)18-9-10/h4-5,7-8H,3,6,9H2,1-2H3. The summed E-state index contributed by atoms with van der Waals surface area (Å²) in [4.78, 5) is 11.4. The molecule has 0 radical (unpaired) electrons. The average molecular weight is 248 g/mol. The summed E-state index contributed by atoms with van der Waals surface area (Å²) < 4.78 is 15.6. The van der Waals surface area contributed by atoms with Crippen LogP contribution in [0, 0.1) is 0 Å². The molecule has 0 bridgehead atoms. The zero-order valence-corrected chi connectivity index (χ0v) is 10.6. The molecular formula is C14H16O4. The largest absolute Gasteiger partial charge is 0.497 e. The Morgan fingerprint density at radius 3 is 3.06 bits per heavy atom. The first-order valence-corrected chi connectivity index (χ1v) is 5.89. The smallest absolute Gasteiger partial charge is 0.330 e. The second-order valence-electron chi connectivity index (χ2n) is 3.99. The minimum absolute atomic E-state index is 0.317. The number of carbonyl (C=O) groups is 1. The van der Waals surface area contributed by atoms with Gasteiger partial charge in [0.05, 0.1) is 13.7 Å². The van der Waals surface area contributed by atoms with Crippen molar-refractivity contribution < 1.29 is 19.0 Å². The molecule has 4 heteroatoms. The van der Waals surface area contributed by atoms with Gasteiger partial charge in [-0.25, -0.2) is 4.79 Å². The molecule has 96 valence electrons. The Kier molecular flexibility index (Phi) is 3.87. The lowest BCUT2D eigenvalue weighted by molar-refractivity contribution is -0.137. The molecule has 0 spiro atoms. The van der Waals surface area contributed by atoms with Crippen LogP contribution in [0.1, 0.15) is 12.5 Å². The molecule has 0 amide bonds. The number of rotatable bonds is 3. The fourth-order valence-corrected chi connectivity index (χ4v) is 1.87. The summed E-state index contributed by atoms with van der Waals surface area (Å²) in [6.45, 7) is 2.60. The molecule has 0 N–H and O–H groups in total. The first kappa shape index (κ1) is 12.5. The van der Waals surface area contributed by atoms with Crippen LogP contribution in [-0.4, -0.2) is 26.3 Å². The van der Waals surface area contributed by atoms with Crippen LogP contribution in [0.4, 0.5) is 0 Å². The van der Waals surface area contributed by atoms with Crippen LogP contribution >= 0.6 is 0 Å². The van der Waals surface area contributed by atoms with Crippen molar-refractivity contribution in [3.8, 4) is 11.5 Å². The van der Waals surface area contributed by atoms with Crippen molar-refractivity contribution in [1.82, 2.24) is 0 Å². The van der Waals surface area contributed by atoms with Crippen molar-refractivity contribution in [3.63, 3.8) is 0 Å². The molecular weight excluding hydrogens is 232 g/mol. The Bertz CT molecular complexity index is 477. The number of hydrogen-bond acceptors (Lipinski definition) is 4. The Morgan fingerprint density at radius 2 is 2.33 bits per heavy atom. The van der Waals surface area contributed by atoms with E-state index in [-0.39, 0.29) is 5.97 Å². The van der Waals surface area contributed by atoms with E-state index in [0.717, 1.165) is 22.6 Å². The molecule has 1 aromatic carbocycles. The minimum Gasteiger partial charge on any atom is -0.497 e. The van der Waals surface area contributed by atoms with Gasteiger partial charge in [-0.3, -0.25) is 0 Å². The monoisotopic (exact) mass is 248 g/mol. The maximum Gasteiger partial charge on any atom is 0.330 e. The number of hydrogen-bond donors (Lipinski definition) is 0. The van der Waals surface area contributed by atoms with E-state index < -0.39 is 0 Å². The van der Waals surface area contributed by atoms with Crippen molar-refractivity contribution in [2.45, 2.75) is 13.3 Å². The number of benzene rings is 1. The van der Waals surface area contributed by atoms with Gasteiger partial charge < -0.3 is 14.2 Å². The molecule has 0 saturated carbocycles. The number of methoxy groups -OCH3 is 1. The van der Waals surface area contributed by atoms with Crippen LogP contribution in [0.15, 0.2) is 29.8 Å². The molecule has 0 atom stereocenters. The maximum atomic E-state index is 11.4. The Balaban J connectivity index is 2.15. The van der Waals surface area contributed by atoms with Gasteiger partial charge >= 0.3 is 5.97 Å². The molecule has 1 aliphatic heterocycles. The van der Waals surface area contributed by atoms with Crippen LogP contribution in [0.2, 0.25) is 0 Å². The van der Waals surface area contributed by atoms with E-state index in [1.807, 2.05) is 18.2 Å². The SMILES string of the molecule is CCOC(=O)C=C1COc2ccc(OC)cc2C1. The highest BCUT2D eigenvalue weighted by Crippen LogP contribution is 2.30. The molecule has 0 unspecified atom stereocenters. The van der Waals surface area contributed by atoms with E-state index in [4.69, 9.17) is 14.2 Å². The summed E-state index contributed by atoms with van der Waals surface area (Å²) >= 11 is 0. The molecule has 0 aromatic heterocycles. The molecule has 2 rings (SSSR count). The molecule has 1 aromatic rings. The Morgan fingerprint density at radius 1 is 1.50 bits per heavy atom. The van der Waals surface area contributed by atoms with E-state index in [1.165, 1.54) is 6.08 Å². The first-order valence-electron chi connectivity index (χ1n) is 5.89. The predicted octanol–water partition coefficient (Wildman–Crippen LogP) is 2.12. The average Bonchev–Trinajstić information content (AvgIpc) is 2.38. The molecule has 0 saturated heterocycles. The normalized spacial score (nSPS) is 15.8. The van der Waals surface area contributed by atoms with Gasteiger partial charge in [0.15, 0.2) is 0 Å². The highest BCUT2D eigenvalue weighted by atomic mass is 16.5. The van der Waals surface area contributed by atoms with Gasteiger partial charge in [0, 0.05) is 18.1 Å². The van der Waals surface area contributed by atoms with Crippen LogP contribution in [0.5, 0.6) is 11.5 Å². The van der Waals surface area contributed by atoms with E-state index in [0.29, 0.717) is 19.6 Å². The number of ether oxygens (including phenoxy) is 3. The third-order valence-electron chi connectivity index (χ3n) is 2.71. The summed E-state index contributed by atoms with van der Waals surface area (Å²) in [7, 11) is 1.63. The second-order valence-corrected chi connectivity index (χ2v) is 3.99. The number of esters is 1. The molecule has 4 nitrogen and oxygen atoms in total. The van der Waals surface area contributed by atoms with Crippen LogP contribution in [0.25, 0.3) is 0 Å². The summed E-state index contributed by atoms with van der Waals surface area (Å²) in [5.41, 5.74) is 1.94. The third-order valence-corrected chi connectivity index (χ3v) is 2.71. The Hall–Kier alpha value is -1.97. The van der Waals surface area contributed by atoms with Gasteiger partial charge in [-0.15, -0.1) is 0 Å². The Labute approximate surface area is 106 Å². The predicted molar refractivity (Wildman–Crippen MR) is 66.9 cm³/mol. The van der Waals surface area contributed by atoms with Gasteiger partial charge in [0.2, 0.25) is 0 Å². The van der Waals surface area contributed by atoms with Crippen LogP contribution in [0.3, 0.4) is 0 Å². The van der Waals surface area contributed by atoms with Gasteiger partial charge in [-0.2, -0.15) is 0 Å². The lowest BCUT2D eigenvalue weighted by Crippen LogP contribution is -2.14. The lowest BCUT2D eigenvalue weighted by atomic mass is 10.0. The zero-order valence-electron chi connectivity index (χ0n) is 10.6. The highest BCUT2D eigenvalue weighted by Gasteiger charge is 2.16. The molecule has 1 heterocycles. The lowest BCUT2D eigenvalue weighted by Gasteiger charge is -2.20. The summed E-state index contributed by atoms with van der Waals surface area (Å²) in [5.74, 6) is 1.31. The zero-order chi connectivity index (χ0) is 13.0. The van der Waals surface area contributed by atoms with Crippen molar-refractivity contribution in [1.29, 1.82) is 0 Å². The van der Waals surface area contributed by atoms with Crippen molar-refractivity contribution in [2.75, 3.05) is 20.3 Å². The topological polar surface area (TPSA) is 44.8 Å². The number of fused-ring (bicyclic) bond motifs is 1. The first-order chi connectivity index (χ1) is 8.72. The summed E-state index contributed by atoms with van der Waals surface area (Å²) in [6.07, 6.45) is 2.19. The fourth-order valence-electron chi connectivity index (χ4n) is 1.87. The van der Waals surface area contributed by atoms with Crippen molar-refractivity contribution >= 4 is 5.97 Å². The summed E-state index contributed by atoms with van der Waals surface area (Å²) in [5, 5.41) is 0. The van der Waals surface area contributed by atoms with Crippen molar-refractivity contribution in [3.05, 3.63) is 35.4 Å². The van der Waals surface area contributed by atoms with Crippen LogP contribution < -0.4 is 9.47 Å². The van der Waals surface area contributed by atoms with Crippen molar-refractivity contribution in [2.24, 2.45) is 0 Å². The van der Waals surface area contributed by atoms with Crippen LogP contribution in [-0.2, 0) is 16.0 Å². The van der Waals surface area contributed by atoms with E-state index in [1.54, 1.807) is 14.0 Å². The number of carbonyl (C=O) groups excluding carboxylic acids is 1. The van der Waals surface area contributed by atoms with Gasteiger partial charge in [-0.1, -0.05) is 0 Å². The third kappa shape index (κ3) is 2.83. The van der Waals surface area contributed by atoms with E-state index in [2.05, 4.69) is 0 Å². The maximum absolute atomic E-state index is 11.4. The second kappa shape index (κ2) is 5.58. The summed E-state index contributed by atoms with van der Waals surface area (Å²) in [6, 6.07) is 5.67. The van der Waals surface area contributed by atoms with Gasteiger partial charge in [0.25, 0.3) is 0 Å². The highest BCUT2D eigenvalue weighted by molar-refractivity contribution is 5.83. The fraction of sp³-hybridized carbons (Fsp3) is 0.357. The molecule has 1 aliphatic rings. The van der Waals surface area contributed by atoms with Gasteiger partial charge in [0.1, 0.15) is 18.1 Å².